The van der Waals surface area contributed by atoms with Crippen LogP contribution >= 0.6 is 23.2 Å². The van der Waals surface area contributed by atoms with Gasteiger partial charge in [0.1, 0.15) is 16.9 Å². The molecule has 0 bridgehead atoms. The molecule has 0 aromatic carbocycles. The fourth-order valence-electron chi connectivity index (χ4n) is 2.36. The smallest absolute Gasteiger partial charge is 0.404 e. The van der Waals surface area contributed by atoms with E-state index in [4.69, 9.17) is 33.7 Å². The summed E-state index contributed by atoms with van der Waals surface area (Å²) in [6.45, 7) is 0. The van der Waals surface area contributed by atoms with E-state index in [1.807, 2.05) is 0 Å². The van der Waals surface area contributed by atoms with Crippen LogP contribution in [0.5, 0.6) is 0 Å². The molecule has 1 aromatic heterocycles. The van der Waals surface area contributed by atoms with Crippen molar-refractivity contribution in [1.29, 1.82) is 0 Å². The number of amides is 1. The Labute approximate surface area is 127 Å². The monoisotopic (exact) mass is 318 g/mol. The van der Waals surface area contributed by atoms with Gasteiger partial charge in [-0.3, -0.25) is 0 Å². The van der Waals surface area contributed by atoms with Gasteiger partial charge in [0, 0.05) is 12.5 Å². The van der Waals surface area contributed by atoms with Gasteiger partial charge in [-0.25, -0.2) is 9.78 Å². The van der Waals surface area contributed by atoms with Crippen molar-refractivity contribution in [3.05, 3.63) is 16.5 Å². The van der Waals surface area contributed by atoms with Crippen LogP contribution in [0.3, 0.4) is 0 Å². The van der Waals surface area contributed by atoms with Crippen LogP contribution in [-0.4, -0.2) is 28.2 Å². The van der Waals surface area contributed by atoms with Crippen LogP contribution < -0.4 is 11.1 Å². The lowest BCUT2D eigenvalue weighted by molar-refractivity contribution is 0.0957. The average Bonchev–Trinajstić information content (AvgIpc) is 2.58. The van der Waals surface area contributed by atoms with Crippen molar-refractivity contribution < 1.29 is 9.53 Å². The highest BCUT2D eigenvalue weighted by atomic mass is 35.5. The van der Waals surface area contributed by atoms with Crippen LogP contribution in [0.25, 0.3) is 0 Å². The van der Waals surface area contributed by atoms with Gasteiger partial charge in [0.05, 0.1) is 6.20 Å². The second-order valence-corrected chi connectivity index (χ2v) is 5.50. The van der Waals surface area contributed by atoms with Crippen molar-refractivity contribution in [3.63, 3.8) is 0 Å². The number of hydrogen-bond acceptors (Lipinski definition) is 5. The highest BCUT2D eigenvalue weighted by Crippen LogP contribution is 2.26. The molecular weight excluding hydrogens is 303 g/mol. The zero-order chi connectivity index (χ0) is 14.5. The summed E-state index contributed by atoms with van der Waals surface area (Å²) in [5.74, 6) is 0.497. The van der Waals surface area contributed by atoms with E-state index in [0.29, 0.717) is 17.3 Å². The van der Waals surface area contributed by atoms with Gasteiger partial charge >= 0.3 is 6.09 Å². The third-order valence-electron chi connectivity index (χ3n) is 3.21. The standard InChI is InChI=1S/C12H16Cl2N4O2/c13-9-6-16-11(14)18-10(9)17-7-3-1-2-4-8(5-7)20-12(15)19/h6-8H,1-5H2,(H2,15,19)(H,16,17,18)/t7-,8+/m1/s1. The predicted molar refractivity (Wildman–Crippen MR) is 77.0 cm³/mol. The van der Waals surface area contributed by atoms with Gasteiger partial charge in [0.15, 0.2) is 0 Å². The highest BCUT2D eigenvalue weighted by molar-refractivity contribution is 6.33. The van der Waals surface area contributed by atoms with E-state index in [-0.39, 0.29) is 17.4 Å². The summed E-state index contributed by atoms with van der Waals surface area (Å²) in [7, 11) is 0. The number of carbonyl (C=O) groups is 1. The van der Waals surface area contributed by atoms with Crippen molar-refractivity contribution in [2.24, 2.45) is 5.73 Å². The highest BCUT2D eigenvalue weighted by Gasteiger charge is 2.23. The third kappa shape index (κ3) is 4.38. The van der Waals surface area contributed by atoms with Crippen LogP contribution in [0.1, 0.15) is 32.1 Å². The third-order valence-corrected chi connectivity index (χ3v) is 3.67. The molecule has 110 valence electrons. The summed E-state index contributed by atoms with van der Waals surface area (Å²) in [6, 6.07) is 0.102. The maximum atomic E-state index is 10.9. The Balaban J connectivity index is 2.03. The Bertz CT molecular complexity index is 487. The normalized spacial score (nSPS) is 22.9. The van der Waals surface area contributed by atoms with E-state index in [1.165, 1.54) is 6.20 Å². The number of hydrogen-bond donors (Lipinski definition) is 2. The van der Waals surface area contributed by atoms with Gasteiger partial charge in [0.25, 0.3) is 0 Å². The molecule has 20 heavy (non-hydrogen) atoms. The van der Waals surface area contributed by atoms with Crippen LogP contribution in [0.4, 0.5) is 10.6 Å². The summed E-state index contributed by atoms with van der Waals surface area (Å²) < 4.78 is 5.10. The largest absolute Gasteiger partial charge is 0.446 e. The molecule has 8 heteroatoms. The summed E-state index contributed by atoms with van der Waals surface area (Å²) in [5.41, 5.74) is 5.08. The number of halogens is 2. The molecule has 1 saturated carbocycles. The molecule has 2 atom stereocenters. The predicted octanol–water partition coefficient (Wildman–Crippen LogP) is 2.99. The maximum absolute atomic E-state index is 10.9. The van der Waals surface area contributed by atoms with Crippen molar-refractivity contribution in [2.45, 2.75) is 44.2 Å². The van der Waals surface area contributed by atoms with E-state index < -0.39 is 6.09 Å². The zero-order valence-electron chi connectivity index (χ0n) is 10.8. The summed E-state index contributed by atoms with van der Waals surface area (Å²) >= 11 is 11.8. The van der Waals surface area contributed by atoms with E-state index in [9.17, 15) is 4.79 Å². The number of aromatic nitrogens is 2. The zero-order valence-corrected chi connectivity index (χ0v) is 12.3. The molecule has 0 aliphatic heterocycles. The molecule has 1 fully saturated rings. The second-order valence-electron chi connectivity index (χ2n) is 4.76. The molecule has 3 N–H and O–H groups in total. The first kappa shape index (κ1) is 15.1. The Morgan fingerprint density at radius 3 is 2.90 bits per heavy atom. The van der Waals surface area contributed by atoms with Gasteiger partial charge < -0.3 is 15.8 Å². The van der Waals surface area contributed by atoms with Crippen molar-refractivity contribution >= 4 is 35.1 Å². The molecule has 0 saturated heterocycles. The second kappa shape index (κ2) is 6.95. The molecule has 0 radical (unpaired) electrons. The van der Waals surface area contributed by atoms with Crippen molar-refractivity contribution in [3.8, 4) is 0 Å². The van der Waals surface area contributed by atoms with E-state index in [1.54, 1.807) is 0 Å². The quantitative estimate of drug-likeness (QED) is 0.660. The lowest BCUT2D eigenvalue weighted by Gasteiger charge is -2.21. The molecule has 1 aromatic rings. The number of carbonyl (C=O) groups excluding carboxylic acids is 1. The topological polar surface area (TPSA) is 90.1 Å². The first-order valence-corrected chi connectivity index (χ1v) is 7.21. The average molecular weight is 319 g/mol. The number of nitrogens with one attached hydrogen (secondary N) is 1. The molecule has 1 aliphatic carbocycles. The van der Waals surface area contributed by atoms with Gasteiger partial charge in [-0.05, 0) is 30.9 Å². The summed E-state index contributed by atoms with van der Waals surface area (Å²) in [6.07, 6.45) is 4.99. The Hall–Kier alpha value is -1.27. The van der Waals surface area contributed by atoms with Crippen molar-refractivity contribution in [1.82, 2.24) is 9.97 Å². The fourth-order valence-corrected chi connectivity index (χ4v) is 2.64. The number of primary amides is 1. The number of nitrogens with two attached hydrogens (primary N) is 1. The molecule has 0 spiro atoms. The Morgan fingerprint density at radius 2 is 2.15 bits per heavy atom. The Kier molecular flexibility index (Phi) is 5.25. The number of nitrogens with zero attached hydrogens (tertiary/aromatic N) is 2. The van der Waals surface area contributed by atoms with Crippen LogP contribution in [0.2, 0.25) is 10.3 Å². The van der Waals surface area contributed by atoms with Gasteiger partial charge in [-0.1, -0.05) is 18.0 Å². The van der Waals surface area contributed by atoms with E-state index >= 15 is 0 Å². The molecule has 6 nitrogen and oxygen atoms in total. The lowest BCUT2D eigenvalue weighted by atomic mass is 10.1. The molecular formula is C12H16Cl2N4O2. The van der Waals surface area contributed by atoms with Gasteiger partial charge in [-0.2, -0.15) is 4.98 Å². The molecule has 1 aliphatic rings. The lowest BCUT2D eigenvalue weighted by Crippen LogP contribution is -2.29. The van der Waals surface area contributed by atoms with Crippen LogP contribution in [0.15, 0.2) is 6.20 Å². The molecule has 1 amide bonds. The van der Waals surface area contributed by atoms with Gasteiger partial charge in [-0.15, -0.1) is 0 Å². The summed E-state index contributed by atoms with van der Waals surface area (Å²) in [5, 5.41) is 3.78. The van der Waals surface area contributed by atoms with Crippen molar-refractivity contribution in [2.75, 3.05) is 5.32 Å². The SMILES string of the molecule is NC(=O)O[C@H]1CCCC[C@@H](Nc2nc(Cl)ncc2Cl)C1. The van der Waals surface area contributed by atoms with Crippen LogP contribution in [0, 0.1) is 0 Å². The van der Waals surface area contributed by atoms with E-state index in [0.717, 1.165) is 25.7 Å². The number of rotatable bonds is 3. The summed E-state index contributed by atoms with van der Waals surface area (Å²) in [4.78, 5) is 18.7. The number of ether oxygens (including phenoxy) is 1. The first-order valence-electron chi connectivity index (χ1n) is 6.45. The Morgan fingerprint density at radius 1 is 1.40 bits per heavy atom. The number of anilines is 1. The minimum absolute atomic E-state index is 0.102. The molecule has 1 heterocycles. The molecule has 2 rings (SSSR count). The van der Waals surface area contributed by atoms with E-state index in [2.05, 4.69) is 15.3 Å². The van der Waals surface area contributed by atoms with Crippen LogP contribution in [-0.2, 0) is 4.74 Å². The minimum atomic E-state index is -0.737. The fraction of sp³-hybridized carbons (Fsp3) is 0.583. The molecule has 0 unspecified atom stereocenters. The maximum Gasteiger partial charge on any atom is 0.404 e. The minimum Gasteiger partial charge on any atom is -0.446 e. The van der Waals surface area contributed by atoms with Gasteiger partial charge in [0.2, 0.25) is 5.28 Å². The first-order chi connectivity index (χ1) is 9.54.